The van der Waals surface area contributed by atoms with E-state index in [4.69, 9.17) is 27.9 Å². The molecule has 0 unspecified atom stereocenters. The number of aryl methyl sites for hydroxylation is 1. The number of amides is 2. The molecule has 8 nitrogen and oxygen atoms in total. The Bertz CT molecular complexity index is 1990. The number of ether oxygens (including phenoxy) is 1. The summed E-state index contributed by atoms with van der Waals surface area (Å²) in [6.45, 7) is 3.20. The van der Waals surface area contributed by atoms with Crippen molar-refractivity contribution >= 4 is 50.7 Å². The molecular weight excluding hydrogens is 693 g/mol. The number of nitrogens with one attached hydrogen (secondary N) is 1. The van der Waals surface area contributed by atoms with Gasteiger partial charge in [-0.2, -0.15) is 0 Å². The summed E-state index contributed by atoms with van der Waals surface area (Å²) in [5, 5.41) is 3.46. The molecule has 0 aliphatic heterocycles. The van der Waals surface area contributed by atoms with Gasteiger partial charge < -0.3 is 15.0 Å². The van der Waals surface area contributed by atoms with Crippen molar-refractivity contribution in [3.8, 4) is 11.5 Å². The predicted molar refractivity (Wildman–Crippen MR) is 198 cm³/mol. The standard InChI is InChI=1S/C39H37Cl2N3O5S/c1-3-42-39(46)37(25-29-11-6-4-7-12-29)43(26-34-35(40)15-10-16-36(34)41)38(45)27-44(50(47,48)33-23-17-28(2)18-24-33)30-19-21-32(22-20-30)49-31-13-8-5-9-14-31/h4-24,37H,3,25-27H2,1-2H3,(H,42,46)/t37-/m1/s1. The number of benzene rings is 5. The van der Waals surface area contributed by atoms with Gasteiger partial charge in [0.15, 0.2) is 0 Å². The quantitative estimate of drug-likeness (QED) is 0.125. The van der Waals surface area contributed by atoms with Crippen LogP contribution < -0.4 is 14.4 Å². The van der Waals surface area contributed by atoms with Crippen LogP contribution >= 0.6 is 23.2 Å². The minimum atomic E-state index is -4.28. The molecule has 1 N–H and O–H groups in total. The molecule has 0 saturated heterocycles. The van der Waals surface area contributed by atoms with E-state index >= 15 is 0 Å². The molecule has 5 aromatic rings. The number of rotatable bonds is 14. The smallest absolute Gasteiger partial charge is 0.264 e. The lowest BCUT2D eigenvalue weighted by atomic mass is 10.0. The van der Waals surface area contributed by atoms with Crippen molar-refractivity contribution in [2.75, 3.05) is 17.4 Å². The van der Waals surface area contributed by atoms with Crippen molar-refractivity contribution in [2.24, 2.45) is 0 Å². The van der Waals surface area contributed by atoms with Crippen molar-refractivity contribution in [3.05, 3.63) is 154 Å². The van der Waals surface area contributed by atoms with Gasteiger partial charge in [0.25, 0.3) is 10.0 Å². The maximum atomic E-state index is 14.7. The van der Waals surface area contributed by atoms with Gasteiger partial charge in [-0.05, 0) is 80.1 Å². The zero-order valence-corrected chi connectivity index (χ0v) is 30.0. The summed E-state index contributed by atoms with van der Waals surface area (Å²) in [4.78, 5) is 29.8. The highest BCUT2D eigenvalue weighted by Crippen LogP contribution is 2.31. The summed E-state index contributed by atoms with van der Waals surface area (Å²) in [6, 6.07) is 35.3. The fraction of sp³-hybridized carbons (Fsp3) is 0.179. The lowest BCUT2D eigenvalue weighted by Crippen LogP contribution is -2.53. The van der Waals surface area contributed by atoms with Crippen molar-refractivity contribution in [2.45, 2.75) is 37.8 Å². The fourth-order valence-corrected chi connectivity index (χ4v) is 7.30. The number of anilines is 1. The van der Waals surface area contributed by atoms with E-state index < -0.39 is 34.4 Å². The molecule has 258 valence electrons. The number of para-hydroxylation sites is 1. The van der Waals surface area contributed by atoms with E-state index in [9.17, 15) is 18.0 Å². The highest BCUT2D eigenvalue weighted by molar-refractivity contribution is 7.92. The average Bonchev–Trinajstić information content (AvgIpc) is 3.11. The Morgan fingerprint density at radius 3 is 1.94 bits per heavy atom. The van der Waals surface area contributed by atoms with Crippen LogP contribution in [0.2, 0.25) is 10.0 Å². The molecule has 11 heteroatoms. The van der Waals surface area contributed by atoms with Crippen LogP contribution in [0, 0.1) is 6.92 Å². The Morgan fingerprint density at radius 2 is 1.34 bits per heavy atom. The summed E-state index contributed by atoms with van der Waals surface area (Å²) in [7, 11) is -4.28. The third-order valence-corrected chi connectivity index (χ3v) is 10.5. The third-order valence-electron chi connectivity index (χ3n) is 8.00. The number of carbonyl (C=O) groups is 2. The summed E-state index contributed by atoms with van der Waals surface area (Å²) in [5.74, 6) is 0.0630. The number of nitrogens with zero attached hydrogens (tertiary/aromatic N) is 2. The second-order valence-corrected chi connectivity index (χ2v) is 14.2. The molecule has 5 rings (SSSR count). The Balaban J connectivity index is 1.57. The summed E-state index contributed by atoms with van der Waals surface area (Å²) in [5.41, 5.74) is 2.35. The van der Waals surface area contributed by atoms with E-state index in [0.717, 1.165) is 15.4 Å². The van der Waals surface area contributed by atoms with E-state index in [2.05, 4.69) is 5.32 Å². The molecule has 0 radical (unpaired) electrons. The SMILES string of the molecule is CCNC(=O)[C@@H](Cc1ccccc1)N(Cc1c(Cl)cccc1Cl)C(=O)CN(c1ccc(Oc2ccccc2)cc1)S(=O)(=O)c1ccc(C)cc1. The highest BCUT2D eigenvalue weighted by Gasteiger charge is 2.35. The molecule has 5 aromatic carbocycles. The van der Waals surface area contributed by atoms with E-state index in [-0.39, 0.29) is 23.5 Å². The summed E-state index contributed by atoms with van der Waals surface area (Å²) in [6.07, 6.45) is 0.163. The van der Waals surface area contributed by atoms with Crippen molar-refractivity contribution < 1.29 is 22.7 Å². The number of hydrogen-bond acceptors (Lipinski definition) is 5. The number of halogens is 2. The minimum Gasteiger partial charge on any atom is -0.457 e. The maximum Gasteiger partial charge on any atom is 0.264 e. The van der Waals surface area contributed by atoms with E-state index in [0.29, 0.717) is 33.7 Å². The van der Waals surface area contributed by atoms with Gasteiger partial charge >= 0.3 is 0 Å². The Hall–Kier alpha value is -4.83. The van der Waals surface area contributed by atoms with Crippen LogP contribution in [0.3, 0.4) is 0 Å². The van der Waals surface area contributed by atoms with Crippen molar-refractivity contribution in [3.63, 3.8) is 0 Å². The molecule has 0 spiro atoms. The monoisotopic (exact) mass is 729 g/mol. The Labute approximate surface area is 303 Å². The largest absolute Gasteiger partial charge is 0.457 e. The first-order chi connectivity index (χ1) is 24.1. The first kappa shape index (κ1) is 36.5. The Morgan fingerprint density at radius 1 is 0.760 bits per heavy atom. The van der Waals surface area contributed by atoms with Gasteiger partial charge in [0.2, 0.25) is 11.8 Å². The zero-order valence-electron chi connectivity index (χ0n) is 27.6. The lowest BCUT2D eigenvalue weighted by molar-refractivity contribution is -0.140. The maximum absolute atomic E-state index is 14.7. The Kier molecular flexibility index (Phi) is 12.2. The van der Waals surface area contributed by atoms with Crippen molar-refractivity contribution in [1.82, 2.24) is 10.2 Å². The van der Waals surface area contributed by atoms with Gasteiger partial charge in [-0.15, -0.1) is 0 Å². The molecule has 0 fully saturated rings. The molecule has 0 heterocycles. The van der Waals surface area contributed by atoms with E-state index in [1.54, 1.807) is 73.7 Å². The normalized spacial score (nSPS) is 11.8. The van der Waals surface area contributed by atoms with Gasteiger partial charge in [0, 0.05) is 35.1 Å². The molecule has 0 bridgehead atoms. The second kappa shape index (κ2) is 16.7. The van der Waals surface area contributed by atoms with E-state index in [1.165, 1.54) is 17.0 Å². The van der Waals surface area contributed by atoms with Gasteiger partial charge in [0.1, 0.15) is 24.1 Å². The first-order valence-corrected chi connectivity index (χ1v) is 18.2. The van der Waals surface area contributed by atoms with Gasteiger partial charge in [-0.1, -0.05) is 95.5 Å². The van der Waals surface area contributed by atoms with Crippen molar-refractivity contribution in [1.29, 1.82) is 0 Å². The second-order valence-electron chi connectivity index (χ2n) is 11.6. The predicted octanol–water partition coefficient (Wildman–Crippen LogP) is 8.07. The molecule has 2 amide bonds. The first-order valence-electron chi connectivity index (χ1n) is 16.0. The van der Waals surface area contributed by atoms with Crippen LogP contribution in [0.25, 0.3) is 0 Å². The van der Waals surface area contributed by atoms with Crippen LogP contribution in [-0.4, -0.2) is 44.3 Å². The van der Waals surface area contributed by atoms with Crippen LogP contribution in [0.15, 0.2) is 132 Å². The fourth-order valence-electron chi connectivity index (χ4n) is 5.37. The summed E-state index contributed by atoms with van der Waals surface area (Å²) < 4.78 is 35.7. The molecule has 1 atom stereocenters. The minimum absolute atomic E-state index is 0.00534. The molecule has 0 aliphatic carbocycles. The number of likely N-dealkylation sites (N-methyl/N-ethyl adjacent to an activating group) is 1. The molecule has 0 saturated carbocycles. The van der Waals surface area contributed by atoms with Gasteiger partial charge in [-0.3, -0.25) is 13.9 Å². The van der Waals surface area contributed by atoms with Crippen LogP contribution in [-0.2, 0) is 32.6 Å². The molecule has 0 aliphatic rings. The van der Waals surface area contributed by atoms with E-state index in [1.807, 2.05) is 55.5 Å². The highest BCUT2D eigenvalue weighted by atomic mass is 35.5. The number of carbonyl (C=O) groups excluding carboxylic acids is 2. The van der Waals surface area contributed by atoms with Crippen LogP contribution in [0.1, 0.15) is 23.6 Å². The van der Waals surface area contributed by atoms with Crippen LogP contribution in [0.5, 0.6) is 11.5 Å². The molecule has 0 aromatic heterocycles. The third kappa shape index (κ3) is 9.04. The van der Waals surface area contributed by atoms with Gasteiger partial charge in [0.05, 0.1) is 10.6 Å². The summed E-state index contributed by atoms with van der Waals surface area (Å²) >= 11 is 13.2. The topological polar surface area (TPSA) is 96.0 Å². The molecule has 50 heavy (non-hydrogen) atoms. The average molecular weight is 731 g/mol. The zero-order chi connectivity index (χ0) is 35.7. The number of sulfonamides is 1. The number of hydrogen-bond donors (Lipinski definition) is 1. The van der Waals surface area contributed by atoms with Crippen LogP contribution in [0.4, 0.5) is 5.69 Å². The molecular formula is C39H37Cl2N3O5S. The lowest BCUT2D eigenvalue weighted by Gasteiger charge is -2.34. The van der Waals surface area contributed by atoms with Gasteiger partial charge in [-0.25, -0.2) is 8.42 Å².